The number of nitrogens with zero attached hydrogens (tertiary/aromatic N) is 1. The molecule has 1 N–H and O–H groups in total. The summed E-state index contributed by atoms with van der Waals surface area (Å²) < 4.78 is 21.9. The number of imidazole rings is 1. The minimum Gasteiger partial charge on any atom is -0.469 e. The van der Waals surface area contributed by atoms with E-state index in [2.05, 4.69) is 27.8 Å². The highest BCUT2D eigenvalue weighted by Crippen LogP contribution is 2.27. The Bertz CT molecular complexity index is 807. The average Bonchev–Trinajstić information content (AvgIpc) is 2.97. The summed E-state index contributed by atoms with van der Waals surface area (Å²) in [4.78, 5) is 3.04. The summed E-state index contributed by atoms with van der Waals surface area (Å²) in [6, 6.07) is 7.10. The van der Waals surface area contributed by atoms with E-state index in [1.54, 1.807) is 12.3 Å². The van der Waals surface area contributed by atoms with Gasteiger partial charge in [0.25, 0.3) is 0 Å². The molecule has 1 unspecified atom stereocenters. The number of hydrogen-bond donors (Lipinski definition) is 1. The number of halogens is 2. The van der Waals surface area contributed by atoms with Crippen LogP contribution in [0.2, 0.25) is 0 Å². The summed E-state index contributed by atoms with van der Waals surface area (Å²) in [5.41, 5.74) is 1.57. The summed E-state index contributed by atoms with van der Waals surface area (Å²) >= 11 is 8.57. The highest BCUT2D eigenvalue weighted by molar-refractivity contribution is 9.10. The first-order valence-corrected chi connectivity index (χ1v) is 7.38. The zero-order chi connectivity index (χ0) is 14.3. The van der Waals surface area contributed by atoms with Crippen molar-refractivity contribution in [1.82, 2.24) is 9.55 Å². The van der Waals surface area contributed by atoms with Crippen molar-refractivity contribution in [2.24, 2.45) is 0 Å². The predicted octanol–water partition coefficient (Wildman–Crippen LogP) is 5.00. The molecule has 0 aliphatic carbocycles. The monoisotopic (exact) mass is 354 g/mol. The van der Waals surface area contributed by atoms with Crippen molar-refractivity contribution in [1.29, 1.82) is 0 Å². The van der Waals surface area contributed by atoms with Crippen molar-refractivity contribution in [3.8, 4) is 0 Å². The molecule has 104 valence electrons. The second-order valence-corrected chi connectivity index (χ2v) is 5.96. The van der Waals surface area contributed by atoms with Gasteiger partial charge in [0, 0.05) is 18.5 Å². The van der Waals surface area contributed by atoms with E-state index in [0.717, 1.165) is 17.7 Å². The Morgan fingerprint density at radius 1 is 1.50 bits per heavy atom. The van der Waals surface area contributed by atoms with Crippen LogP contribution in [0.25, 0.3) is 11.0 Å². The van der Waals surface area contributed by atoms with E-state index in [1.165, 1.54) is 6.07 Å². The van der Waals surface area contributed by atoms with Gasteiger partial charge in [0.15, 0.2) is 4.77 Å². The zero-order valence-corrected chi connectivity index (χ0v) is 13.1. The van der Waals surface area contributed by atoms with Gasteiger partial charge in [-0.3, -0.25) is 0 Å². The molecule has 3 nitrogen and oxygen atoms in total. The van der Waals surface area contributed by atoms with Gasteiger partial charge in [-0.05, 0) is 53.3 Å². The van der Waals surface area contributed by atoms with E-state index in [9.17, 15) is 4.39 Å². The Hall–Kier alpha value is -1.40. The van der Waals surface area contributed by atoms with Gasteiger partial charge in [0.05, 0.1) is 21.8 Å². The number of fused-ring (bicyclic) bond motifs is 1. The molecule has 6 heteroatoms. The molecule has 0 saturated heterocycles. The van der Waals surface area contributed by atoms with Gasteiger partial charge in [-0.2, -0.15) is 0 Å². The van der Waals surface area contributed by atoms with Crippen molar-refractivity contribution in [2.45, 2.75) is 19.4 Å². The van der Waals surface area contributed by atoms with Gasteiger partial charge >= 0.3 is 0 Å². The first-order valence-electron chi connectivity index (χ1n) is 6.18. The Morgan fingerprint density at radius 3 is 3.00 bits per heavy atom. The number of H-pyrrole nitrogens is 1. The van der Waals surface area contributed by atoms with Crippen LogP contribution in [0, 0.1) is 10.6 Å². The van der Waals surface area contributed by atoms with Crippen LogP contribution in [0.3, 0.4) is 0 Å². The Balaban J connectivity index is 2.08. The maximum absolute atomic E-state index is 13.6. The van der Waals surface area contributed by atoms with Crippen molar-refractivity contribution < 1.29 is 8.81 Å². The Kier molecular flexibility index (Phi) is 3.52. The molecule has 0 amide bonds. The molecule has 0 aliphatic heterocycles. The molecule has 2 aromatic heterocycles. The molecule has 3 aromatic rings. The SMILES string of the molecule is CC(Cc1ccco1)n1c(=S)[nH]c2cc(F)c(Br)cc21. The third kappa shape index (κ3) is 2.33. The number of rotatable bonds is 3. The standard InChI is InChI=1S/C14H12BrFN2OS/c1-8(5-9-3-2-4-19-9)18-13-6-10(15)11(16)7-12(13)17-14(18)20/h2-4,6-8H,5H2,1H3,(H,17,20). The number of aromatic amines is 1. The largest absolute Gasteiger partial charge is 0.469 e. The number of benzene rings is 1. The number of aromatic nitrogens is 2. The van der Waals surface area contributed by atoms with Crippen LogP contribution in [0.15, 0.2) is 39.4 Å². The predicted molar refractivity (Wildman–Crippen MR) is 81.9 cm³/mol. The number of nitrogens with one attached hydrogen (secondary N) is 1. The average molecular weight is 355 g/mol. The first kappa shape index (κ1) is 13.6. The molecule has 0 saturated carbocycles. The fourth-order valence-electron chi connectivity index (χ4n) is 2.37. The van der Waals surface area contributed by atoms with E-state index < -0.39 is 0 Å². The van der Waals surface area contributed by atoms with Crippen LogP contribution < -0.4 is 0 Å². The fraction of sp³-hybridized carbons (Fsp3) is 0.214. The van der Waals surface area contributed by atoms with Gasteiger partial charge in [0.2, 0.25) is 0 Å². The van der Waals surface area contributed by atoms with Crippen molar-refractivity contribution >= 4 is 39.2 Å². The highest BCUT2D eigenvalue weighted by atomic mass is 79.9. The molecule has 20 heavy (non-hydrogen) atoms. The Morgan fingerprint density at radius 2 is 2.30 bits per heavy atom. The lowest BCUT2D eigenvalue weighted by molar-refractivity contribution is 0.452. The maximum Gasteiger partial charge on any atom is 0.178 e. The van der Waals surface area contributed by atoms with Crippen molar-refractivity contribution in [3.05, 3.63) is 51.3 Å². The third-order valence-corrected chi connectivity index (χ3v) is 4.18. The summed E-state index contributed by atoms with van der Waals surface area (Å²) in [6.45, 7) is 2.06. The van der Waals surface area contributed by atoms with Crippen molar-refractivity contribution in [2.75, 3.05) is 0 Å². The highest BCUT2D eigenvalue weighted by Gasteiger charge is 2.15. The lowest BCUT2D eigenvalue weighted by Gasteiger charge is -2.13. The van der Waals surface area contributed by atoms with E-state index in [-0.39, 0.29) is 11.9 Å². The second-order valence-electron chi connectivity index (χ2n) is 4.72. The summed E-state index contributed by atoms with van der Waals surface area (Å²) in [5.74, 6) is 0.592. The molecule has 3 rings (SSSR count). The minimum atomic E-state index is -0.306. The van der Waals surface area contributed by atoms with Crippen LogP contribution in [-0.2, 0) is 6.42 Å². The molecule has 1 aromatic carbocycles. The molecule has 0 radical (unpaired) electrons. The van der Waals surface area contributed by atoms with Gasteiger partial charge in [-0.1, -0.05) is 0 Å². The maximum atomic E-state index is 13.6. The first-order chi connectivity index (χ1) is 9.56. The summed E-state index contributed by atoms with van der Waals surface area (Å²) in [6.07, 6.45) is 2.38. The Labute approximate surface area is 128 Å². The third-order valence-electron chi connectivity index (χ3n) is 3.28. The van der Waals surface area contributed by atoms with E-state index in [4.69, 9.17) is 16.6 Å². The van der Waals surface area contributed by atoms with E-state index >= 15 is 0 Å². The molecule has 0 spiro atoms. The molecular weight excluding hydrogens is 343 g/mol. The van der Waals surface area contributed by atoms with Crippen LogP contribution in [0.5, 0.6) is 0 Å². The quantitative estimate of drug-likeness (QED) is 0.671. The van der Waals surface area contributed by atoms with Gasteiger partial charge in [0.1, 0.15) is 11.6 Å². The molecule has 0 fully saturated rings. The normalized spacial score (nSPS) is 12.9. The summed E-state index contributed by atoms with van der Waals surface area (Å²) in [5, 5.41) is 0. The van der Waals surface area contributed by atoms with E-state index in [1.807, 2.05) is 16.7 Å². The van der Waals surface area contributed by atoms with E-state index in [0.29, 0.717) is 14.8 Å². The number of hydrogen-bond acceptors (Lipinski definition) is 2. The molecule has 2 heterocycles. The fourth-order valence-corrected chi connectivity index (χ4v) is 3.09. The molecule has 1 atom stereocenters. The van der Waals surface area contributed by atoms with Gasteiger partial charge < -0.3 is 14.0 Å². The second kappa shape index (κ2) is 5.18. The van der Waals surface area contributed by atoms with Gasteiger partial charge in [-0.25, -0.2) is 4.39 Å². The van der Waals surface area contributed by atoms with Crippen LogP contribution in [0.1, 0.15) is 18.7 Å². The summed E-state index contributed by atoms with van der Waals surface area (Å²) in [7, 11) is 0. The molecule has 0 bridgehead atoms. The van der Waals surface area contributed by atoms with Crippen LogP contribution in [-0.4, -0.2) is 9.55 Å². The lowest BCUT2D eigenvalue weighted by Crippen LogP contribution is -2.08. The molecular formula is C14H12BrFN2OS. The van der Waals surface area contributed by atoms with Gasteiger partial charge in [-0.15, -0.1) is 0 Å². The minimum absolute atomic E-state index is 0.111. The lowest BCUT2D eigenvalue weighted by atomic mass is 10.2. The number of furan rings is 1. The zero-order valence-electron chi connectivity index (χ0n) is 10.7. The van der Waals surface area contributed by atoms with Crippen molar-refractivity contribution in [3.63, 3.8) is 0 Å². The smallest absolute Gasteiger partial charge is 0.178 e. The van der Waals surface area contributed by atoms with Crippen LogP contribution in [0.4, 0.5) is 4.39 Å². The topological polar surface area (TPSA) is 33.9 Å². The van der Waals surface area contributed by atoms with Crippen LogP contribution >= 0.6 is 28.1 Å². The molecule has 0 aliphatic rings.